The Kier molecular flexibility index (Phi) is 5.29. The first-order valence-corrected chi connectivity index (χ1v) is 13.1. The molecule has 2 aromatic rings. The van der Waals surface area contributed by atoms with Crippen molar-refractivity contribution in [3.63, 3.8) is 0 Å². The number of aryl methyl sites for hydroxylation is 1. The van der Waals surface area contributed by atoms with E-state index in [2.05, 4.69) is 29.2 Å². The largest absolute Gasteiger partial charge is 0.351 e. The fraction of sp³-hybridized carbons (Fsp3) is 0.682. The molecule has 0 aromatic carbocycles. The van der Waals surface area contributed by atoms with E-state index in [-0.39, 0.29) is 22.7 Å². The van der Waals surface area contributed by atoms with E-state index in [1.54, 1.807) is 4.31 Å². The Bertz CT molecular complexity index is 1100. The van der Waals surface area contributed by atoms with Crippen molar-refractivity contribution in [1.82, 2.24) is 24.1 Å². The number of anilines is 1. The quantitative estimate of drug-likeness (QED) is 0.680. The van der Waals surface area contributed by atoms with Crippen LogP contribution in [0.5, 0.6) is 0 Å². The van der Waals surface area contributed by atoms with E-state index in [0.717, 1.165) is 48.9 Å². The lowest BCUT2D eigenvalue weighted by atomic mass is 9.75. The van der Waals surface area contributed by atoms with E-state index >= 15 is 0 Å². The van der Waals surface area contributed by atoms with Crippen molar-refractivity contribution in [3.8, 4) is 11.3 Å². The fourth-order valence-corrected chi connectivity index (χ4v) is 6.92. The van der Waals surface area contributed by atoms with Gasteiger partial charge in [0.15, 0.2) is 0 Å². The number of nitrogens with zero attached hydrogens (tertiary/aromatic N) is 5. The van der Waals surface area contributed by atoms with Crippen LogP contribution in [0.15, 0.2) is 18.6 Å². The van der Waals surface area contributed by atoms with E-state index in [1.165, 1.54) is 0 Å². The summed E-state index contributed by atoms with van der Waals surface area (Å²) in [5, 5.41) is 7.86. The molecule has 2 aliphatic carbocycles. The highest BCUT2D eigenvalue weighted by Crippen LogP contribution is 2.39. The molecule has 9 nitrogen and oxygen atoms in total. The summed E-state index contributed by atoms with van der Waals surface area (Å²) in [6.07, 6.45) is 9.94. The Morgan fingerprint density at radius 2 is 1.97 bits per heavy atom. The highest BCUT2D eigenvalue weighted by molar-refractivity contribution is 7.90. The van der Waals surface area contributed by atoms with Gasteiger partial charge in [0.05, 0.1) is 23.2 Å². The van der Waals surface area contributed by atoms with Crippen LogP contribution in [0.25, 0.3) is 11.3 Å². The van der Waals surface area contributed by atoms with Gasteiger partial charge in [-0.3, -0.25) is 4.68 Å². The van der Waals surface area contributed by atoms with Gasteiger partial charge in [0.25, 0.3) is 0 Å². The maximum atomic E-state index is 12.6. The van der Waals surface area contributed by atoms with E-state index < -0.39 is 10.0 Å². The van der Waals surface area contributed by atoms with Crippen molar-refractivity contribution in [1.29, 1.82) is 0 Å². The van der Waals surface area contributed by atoms with Crippen LogP contribution in [0.3, 0.4) is 0 Å². The standard InChI is InChI=1S/C22H33N7O2S/c1-14-10-24-21(26-19-6-7-28(12-15(19)2)32(30,31)18-4-5-18)27-20(14)16-11-25-29(13-16)17-8-22(3,23)9-17/h10-11,13,15,17-19H,4-9,12,23H2,1-3H3,(H,24,26,27)/t15-,17?,19+,22?/m1/s1. The highest BCUT2D eigenvalue weighted by atomic mass is 32.2. The Morgan fingerprint density at radius 3 is 2.62 bits per heavy atom. The smallest absolute Gasteiger partial charge is 0.223 e. The average Bonchev–Trinajstić information content (AvgIpc) is 3.48. The summed E-state index contributed by atoms with van der Waals surface area (Å²) in [6, 6.07) is 0.479. The maximum absolute atomic E-state index is 12.6. The molecule has 0 bridgehead atoms. The molecule has 1 aliphatic heterocycles. The van der Waals surface area contributed by atoms with Crippen molar-refractivity contribution in [3.05, 3.63) is 24.2 Å². The topological polar surface area (TPSA) is 119 Å². The van der Waals surface area contributed by atoms with Crippen molar-refractivity contribution < 1.29 is 8.42 Å². The van der Waals surface area contributed by atoms with Gasteiger partial charge >= 0.3 is 0 Å². The lowest BCUT2D eigenvalue weighted by molar-refractivity contribution is 0.160. The summed E-state index contributed by atoms with van der Waals surface area (Å²) in [5.41, 5.74) is 8.89. The molecule has 2 saturated carbocycles. The van der Waals surface area contributed by atoms with Gasteiger partial charge < -0.3 is 11.1 Å². The zero-order valence-electron chi connectivity index (χ0n) is 19.0. The second kappa shape index (κ2) is 7.78. The third-order valence-corrected chi connectivity index (χ3v) is 9.48. The van der Waals surface area contributed by atoms with Crippen LogP contribution in [0.4, 0.5) is 5.95 Å². The van der Waals surface area contributed by atoms with Crippen LogP contribution in [-0.2, 0) is 10.0 Å². The number of aromatic nitrogens is 4. The van der Waals surface area contributed by atoms with Gasteiger partial charge in [-0.2, -0.15) is 5.10 Å². The van der Waals surface area contributed by atoms with Crippen LogP contribution in [0, 0.1) is 12.8 Å². The summed E-state index contributed by atoms with van der Waals surface area (Å²) in [5.74, 6) is 0.754. The van der Waals surface area contributed by atoms with E-state index in [9.17, 15) is 8.42 Å². The third-order valence-electron chi connectivity index (χ3n) is 7.11. The Labute approximate surface area is 189 Å². The van der Waals surface area contributed by atoms with E-state index in [4.69, 9.17) is 10.7 Å². The van der Waals surface area contributed by atoms with Gasteiger partial charge in [-0.15, -0.1) is 0 Å². The molecule has 1 saturated heterocycles. The molecule has 0 spiro atoms. The molecule has 5 rings (SSSR count). The fourth-order valence-electron chi connectivity index (χ4n) is 4.96. The van der Waals surface area contributed by atoms with E-state index in [1.807, 2.05) is 30.2 Å². The van der Waals surface area contributed by atoms with Gasteiger partial charge in [-0.05, 0) is 57.4 Å². The lowest BCUT2D eigenvalue weighted by Crippen LogP contribution is -2.49. The monoisotopic (exact) mass is 459 g/mol. The summed E-state index contributed by atoms with van der Waals surface area (Å²) in [6.45, 7) is 7.26. The first kappa shape index (κ1) is 21.8. The second-order valence-corrected chi connectivity index (χ2v) is 12.5. The predicted octanol–water partition coefficient (Wildman–Crippen LogP) is 2.32. The molecule has 2 atom stereocenters. The molecular formula is C22H33N7O2S. The molecule has 3 N–H and O–H groups in total. The Hall–Kier alpha value is -2.04. The first-order chi connectivity index (χ1) is 15.1. The number of hydrogen-bond donors (Lipinski definition) is 2. The molecule has 32 heavy (non-hydrogen) atoms. The minimum absolute atomic E-state index is 0.0943. The number of piperidine rings is 1. The summed E-state index contributed by atoms with van der Waals surface area (Å²) < 4.78 is 28.8. The molecule has 0 unspecified atom stereocenters. The Balaban J connectivity index is 1.27. The SMILES string of the molecule is Cc1cnc(N[C@H]2CCN(S(=O)(=O)C3CC3)C[C@H]2C)nc1-c1cnn(C2CC(C)(N)C2)c1. The molecular weight excluding hydrogens is 426 g/mol. The molecule has 3 heterocycles. The molecule has 3 fully saturated rings. The van der Waals surface area contributed by atoms with Gasteiger partial charge in [0.2, 0.25) is 16.0 Å². The summed E-state index contributed by atoms with van der Waals surface area (Å²) in [4.78, 5) is 9.28. The minimum atomic E-state index is -3.12. The molecule has 174 valence electrons. The van der Waals surface area contributed by atoms with Gasteiger partial charge in [-0.1, -0.05) is 6.92 Å². The number of sulfonamides is 1. The number of nitrogens with one attached hydrogen (secondary N) is 1. The highest BCUT2D eigenvalue weighted by Gasteiger charge is 2.42. The first-order valence-electron chi connectivity index (χ1n) is 11.5. The number of nitrogens with two attached hydrogens (primary N) is 1. The lowest BCUT2D eigenvalue weighted by Gasteiger charge is -2.42. The van der Waals surface area contributed by atoms with Crippen LogP contribution in [-0.4, -0.2) is 62.4 Å². The zero-order chi connectivity index (χ0) is 22.7. The van der Waals surface area contributed by atoms with E-state index in [0.29, 0.717) is 25.1 Å². The number of hydrogen-bond acceptors (Lipinski definition) is 7. The Morgan fingerprint density at radius 1 is 1.22 bits per heavy atom. The zero-order valence-corrected chi connectivity index (χ0v) is 19.8. The van der Waals surface area contributed by atoms with Crippen molar-refractivity contribution in [2.24, 2.45) is 11.7 Å². The predicted molar refractivity (Wildman–Crippen MR) is 124 cm³/mol. The molecule has 2 aromatic heterocycles. The van der Waals surface area contributed by atoms with Gasteiger partial charge in [0.1, 0.15) is 0 Å². The van der Waals surface area contributed by atoms with Crippen molar-refractivity contribution in [2.75, 3.05) is 18.4 Å². The average molecular weight is 460 g/mol. The summed E-state index contributed by atoms with van der Waals surface area (Å²) in [7, 11) is -3.12. The molecule has 3 aliphatic rings. The second-order valence-electron chi connectivity index (χ2n) is 10.3. The maximum Gasteiger partial charge on any atom is 0.223 e. The van der Waals surface area contributed by atoms with Crippen molar-refractivity contribution >= 4 is 16.0 Å². The van der Waals surface area contributed by atoms with Crippen LogP contribution >= 0.6 is 0 Å². The van der Waals surface area contributed by atoms with Crippen LogP contribution in [0.2, 0.25) is 0 Å². The van der Waals surface area contributed by atoms with Gasteiger partial charge in [-0.25, -0.2) is 22.7 Å². The minimum Gasteiger partial charge on any atom is -0.351 e. The molecule has 0 amide bonds. The summed E-state index contributed by atoms with van der Waals surface area (Å²) >= 11 is 0. The van der Waals surface area contributed by atoms with Crippen LogP contribution < -0.4 is 11.1 Å². The molecule has 10 heteroatoms. The molecule has 0 radical (unpaired) electrons. The van der Waals surface area contributed by atoms with Crippen molar-refractivity contribution in [2.45, 2.75) is 75.7 Å². The third kappa shape index (κ3) is 4.15. The van der Waals surface area contributed by atoms with Crippen LogP contribution in [0.1, 0.15) is 57.6 Å². The number of rotatable bonds is 6. The normalized spacial score (nSPS) is 31.3. The van der Waals surface area contributed by atoms with Gasteiger partial charge in [0, 0.05) is 42.6 Å².